The van der Waals surface area contributed by atoms with E-state index in [2.05, 4.69) is 170 Å². The van der Waals surface area contributed by atoms with Crippen LogP contribution in [0.2, 0.25) is 0 Å². The van der Waals surface area contributed by atoms with Crippen molar-refractivity contribution in [2.24, 2.45) is 0 Å². The lowest BCUT2D eigenvalue weighted by atomic mass is 9.80. The summed E-state index contributed by atoms with van der Waals surface area (Å²) in [5, 5.41) is 2.62. The van der Waals surface area contributed by atoms with E-state index in [1.807, 2.05) is 0 Å². The zero-order valence-electron chi connectivity index (χ0n) is 25.4. The van der Waals surface area contributed by atoms with Crippen molar-refractivity contribution < 1.29 is 0 Å². The summed E-state index contributed by atoms with van der Waals surface area (Å²) in [6.07, 6.45) is 0. The molecule has 0 saturated heterocycles. The Morgan fingerprint density at radius 2 is 1.00 bits per heavy atom. The Balaban J connectivity index is 1.21. The van der Waals surface area contributed by atoms with Gasteiger partial charge in [-0.25, -0.2) is 0 Å². The highest BCUT2D eigenvalue weighted by molar-refractivity contribution is 9.10. The fraction of sp³-hybridized carbons (Fsp3) is 0.143. The lowest BCUT2D eigenvalue weighted by Crippen LogP contribution is -2.15. The Morgan fingerprint density at radius 3 is 1.68 bits per heavy atom. The zero-order chi connectivity index (χ0) is 30.0. The highest BCUT2D eigenvalue weighted by atomic mass is 79.9. The van der Waals surface area contributed by atoms with E-state index in [0.29, 0.717) is 0 Å². The molecule has 0 bridgehead atoms. The van der Waals surface area contributed by atoms with Gasteiger partial charge in [0.05, 0.1) is 11.0 Å². The van der Waals surface area contributed by atoms with Crippen LogP contribution in [0.15, 0.2) is 126 Å². The van der Waals surface area contributed by atoms with Gasteiger partial charge in [0.15, 0.2) is 0 Å². The molecule has 0 aliphatic heterocycles. The second-order valence-electron chi connectivity index (χ2n) is 13.6. The Kier molecular flexibility index (Phi) is 5.23. The number of rotatable bonds is 2. The van der Waals surface area contributed by atoms with Gasteiger partial charge in [0.25, 0.3) is 0 Å². The third-order valence-electron chi connectivity index (χ3n) is 10.5. The lowest BCUT2D eigenvalue weighted by molar-refractivity contribution is 0.659. The van der Waals surface area contributed by atoms with Gasteiger partial charge >= 0.3 is 0 Å². The van der Waals surface area contributed by atoms with Gasteiger partial charge in [0, 0.05) is 31.8 Å². The van der Waals surface area contributed by atoms with E-state index in [-0.39, 0.29) is 10.8 Å². The third kappa shape index (κ3) is 3.41. The van der Waals surface area contributed by atoms with E-state index in [1.54, 1.807) is 0 Å². The first kappa shape index (κ1) is 26.0. The number of benzene rings is 6. The maximum atomic E-state index is 3.70. The number of aromatic nitrogens is 1. The monoisotopic (exact) mass is 629 g/mol. The summed E-state index contributed by atoms with van der Waals surface area (Å²) in [4.78, 5) is 0. The maximum Gasteiger partial charge on any atom is 0.0547 e. The average molecular weight is 631 g/mol. The summed E-state index contributed by atoms with van der Waals surface area (Å²) in [6.45, 7) is 9.49. The molecule has 2 aliphatic carbocycles. The lowest BCUT2D eigenvalue weighted by Gasteiger charge is -2.23. The van der Waals surface area contributed by atoms with E-state index >= 15 is 0 Å². The molecule has 2 heteroatoms. The molecule has 0 amide bonds. The summed E-state index contributed by atoms with van der Waals surface area (Å²) >= 11 is 3.70. The first-order valence-corrected chi connectivity index (χ1v) is 16.3. The Labute approximate surface area is 266 Å². The molecule has 2 aliphatic rings. The van der Waals surface area contributed by atoms with Crippen molar-refractivity contribution in [3.8, 4) is 39.1 Å². The molecule has 1 heterocycles. The summed E-state index contributed by atoms with van der Waals surface area (Å²) in [5.41, 5.74) is 17.1. The van der Waals surface area contributed by atoms with Crippen LogP contribution in [-0.2, 0) is 10.8 Å². The van der Waals surface area contributed by atoms with Crippen LogP contribution in [0.25, 0.3) is 60.9 Å². The highest BCUT2D eigenvalue weighted by Crippen LogP contribution is 2.53. The van der Waals surface area contributed by atoms with E-state index in [1.165, 1.54) is 83.1 Å². The maximum absolute atomic E-state index is 3.70. The Morgan fingerprint density at radius 1 is 0.455 bits per heavy atom. The second kappa shape index (κ2) is 8.83. The van der Waals surface area contributed by atoms with Gasteiger partial charge in [-0.05, 0) is 110 Å². The van der Waals surface area contributed by atoms with Gasteiger partial charge in [0.2, 0.25) is 0 Å². The SMILES string of the molecule is CC1(C)c2cc(Br)ccc2-c2ccc(-c3ccc4c(c3)C(C)(C)c3cc5c6ccccc6n(-c6ccccc6)c5cc3-4)cc21. The van der Waals surface area contributed by atoms with E-state index in [4.69, 9.17) is 0 Å². The Hall–Kier alpha value is -4.40. The first-order valence-electron chi connectivity index (χ1n) is 15.5. The van der Waals surface area contributed by atoms with Crippen LogP contribution in [0, 0.1) is 0 Å². The standard InChI is InChI=1S/C42H32BrN/c1-41(2)35-20-25(14-17-29(35)30-19-16-27(43)22-37(30)41)26-15-18-31-33-24-40-34(23-38(33)42(3,4)36(31)21-26)32-12-8-9-13-39(32)44(40)28-10-6-5-7-11-28/h5-24H,1-4H3. The molecule has 0 saturated carbocycles. The molecule has 6 aromatic carbocycles. The molecule has 0 radical (unpaired) electrons. The number of fused-ring (bicyclic) bond motifs is 9. The highest BCUT2D eigenvalue weighted by Gasteiger charge is 2.38. The number of hydrogen-bond acceptors (Lipinski definition) is 0. The van der Waals surface area contributed by atoms with Gasteiger partial charge in [-0.15, -0.1) is 0 Å². The molecule has 7 aromatic rings. The number of para-hydroxylation sites is 2. The van der Waals surface area contributed by atoms with Crippen LogP contribution >= 0.6 is 15.9 Å². The summed E-state index contributed by atoms with van der Waals surface area (Å²) in [6, 6.07) is 45.4. The fourth-order valence-corrected chi connectivity index (χ4v) is 8.48. The minimum absolute atomic E-state index is 0.0435. The molecule has 0 spiro atoms. The first-order chi connectivity index (χ1) is 21.2. The van der Waals surface area contributed by atoms with E-state index in [9.17, 15) is 0 Å². The molecule has 0 N–H and O–H groups in total. The number of halogens is 1. The van der Waals surface area contributed by atoms with Crippen molar-refractivity contribution in [2.75, 3.05) is 0 Å². The van der Waals surface area contributed by atoms with Crippen molar-refractivity contribution in [2.45, 2.75) is 38.5 Å². The van der Waals surface area contributed by atoms with Crippen molar-refractivity contribution in [3.05, 3.63) is 148 Å². The van der Waals surface area contributed by atoms with Crippen molar-refractivity contribution in [1.29, 1.82) is 0 Å². The molecule has 212 valence electrons. The quantitative estimate of drug-likeness (QED) is 0.179. The molecule has 0 unspecified atom stereocenters. The summed E-state index contributed by atoms with van der Waals surface area (Å²) < 4.78 is 3.56. The van der Waals surface area contributed by atoms with Crippen molar-refractivity contribution >= 4 is 37.7 Å². The molecule has 9 rings (SSSR count). The topological polar surface area (TPSA) is 4.93 Å². The van der Waals surface area contributed by atoms with Gasteiger partial charge in [-0.3, -0.25) is 0 Å². The molecular weight excluding hydrogens is 598 g/mol. The fourth-order valence-electron chi connectivity index (χ4n) is 8.12. The van der Waals surface area contributed by atoms with Crippen molar-refractivity contribution in [3.63, 3.8) is 0 Å². The van der Waals surface area contributed by atoms with Crippen LogP contribution < -0.4 is 0 Å². The number of nitrogens with zero attached hydrogens (tertiary/aromatic N) is 1. The predicted octanol–water partition coefficient (Wildman–Crippen LogP) is 11.8. The van der Waals surface area contributed by atoms with Gasteiger partial charge in [-0.1, -0.05) is 110 Å². The molecule has 0 fully saturated rings. The minimum atomic E-state index is -0.108. The Bertz CT molecular complexity index is 2330. The molecular formula is C42H32BrN. The van der Waals surface area contributed by atoms with Crippen LogP contribution in [0.3, 0.4) is 0 Å². The van der Waals surface area contributed by atoms with Crippen molar-refractivity contribution in [1.82, 2.24) is 4.57 Å². The molecule has 1 nitrogen and oxygen atoms in total. The number of hydrogen-bond donors (Lipinski definition) is 0. The van der Waals surface area contributed by atoms with Crippen LogP contribution in [-0.4, -0.2) is 4.57 Å². The van der Waals surface area contributed by atoms with Crippen LogP contribution in [0.5, 0.6) is 0 Å². The molecule has 1 aromatic heterocycles. The normalized spacial score (nSPS) is 15.3. The summed E-state index contributed by atoms with van der Waals surface area (Å²) in [5.74, 6) is 0. The van der Waals surface area contributed by atoms with Gasteiger partial charge < -0.3 is 4.57 Å². The predicted molar refractivity (Wildman–Crippen MR) is 189 cm³/mol. The smallest absolute Gasteiger partial charge is 0.0547 e. The van der Waals surface area contributed by atoms with Crippen LogP contribution in [0.4, 0.5) is 0 Å². The van der Waals surface area contributed by atoms with Gasteiger partial charge in [-0.2, -0.15) is 0 Å². The molecule has 0 atom stereocenters. The summed E-state index contributed by atoms with van der Waals surface area (Å²) in [7, 11) is 0. The minimum Gasteiger partial charge on any atom is -0.309 e. The van der Waals surface area contributed by atoms with E-state index in [0.717, 1.165) is 4.47 Å². The molecule has 44 heavy (non-hydrogen) atoms. The largest absolute Gasteiger partial charge is 0.309 e. The van der Waals surface area contributed by atoms with Crippen LogP contribution in [0.1, 0.15) is 49.9 Å². The third-order valence-corrected chi connectivity index (χ3v) is 10.9. The van der Waals surface area contributed by atoms with E-state index < -0.39 is 0 Å². The van der Waals surface area contributed by atoms with Gasteiger partial charge in [0.1, 0.15) is 0 Å². The second-order valence-corrected chi connectivity index (χ2v) is 14.5. The zero-order valence-corrected chi connectivity index (χ0v) is 27.0. The average Bonchev–Trinajstić information content (AvgIpc) is 3.56.